The summed E-state index contributed by atoms with van der Waals surface area (Å²) in [5.41, 5.74) is 0.670. The smallest absolute Gasteiger partial charge is 0.253 e. The predicted octanol–water partition coefficient (Wildman–Crippen LogP) is 2.59. The van der Waals surface area contributed by atoms with Crippen LogP contribution in [0, 0.1) is 0 Å². The van der Waals surface area contributed by atoms with Crippen molar-refractivity contribution in [1.29, 1.82) is 0 Å². The van der Waals surface area contributed by atoms with E-state index >= 15 is 0 Å². The molecule has 4 rings (SSSR count). The Labute approximate surface area is 169 Å². The van der Waals surface area contributed by atoms with Crippen molar-refractivity contribution in [2.24, 2.45) is 0 Å². The second-order valence-electron chi connectivity index (χ2n) is 6.62. The van der Waals surface area contributed by atoms with Crippen LogP contribution in [0.1, 0.15) is 10.4 Å². The number of benzene rings is 1. The van der Waals surface area contributed by atoms with Gasteiger partial charge in [-0.3, -0.25) is 4.79 Å². The van der Waals surface area contributed by atoms with Gasteiger partial charge in [-0.15, -0.1) is 10.2 Å². The molecule has 0 radical (unpaired) electrons. The summed E-state index contributed by atoms with van der Waals surface area (Å²) in [6, 6.07) is 16.7. The van der Waals surface area contributed by atoms with Gasteiger partial charge in [0.1, 0.15) is 11.6 Å². The van der Waals surface area contributed by atoms with Crippen molar-refractivity contribution in [1.82, 2.24) is 20.1 Å². The monoisotopic (exact) mass is 390 g/mol. The van der Waals surface area contributed by atoms with Crippen molar-refractivity contribution < 1.29 is 9.53 Å². The van der Waals surface area contributed by atoms with Crippen molar-refractivity contribution in [2.45, 2.75) is 0 Å². The third-order valence-corrected chi connectivity index (χ3v) is 4.80. The topological polar surface area (TPSA) is 83.5 Å². The maximum atomic E-state index is 12.7. The first kappa shape index (κ1) is 18.7. The first-order valence-corrected chi connectivity index (χ1v) is 9.43. The Hall–Kier alpha value is -3.68. The molecule has 1 aromatic carbocycles. The standard InChI is InChI=1S/C21H22N6O2/c1-29-17-7-5-16(6-8-17)21(28)27-14-12-26(13-15-27)20-10-9-19(24-25-20)23-18-4-2-3-11-22-18/h2-11H,12-15H2,1H3,(H,22,23,24). The van der Waals surface area contributed by atoms with Crippen LogP contribution >= 0.6 is 0 Å². The number of hydrogen-bond donors (Lipinski definition) is 1. The van der Waals surface area contributed by atoms with Crippen LogP contribution in [0.2, 0.25) is 0 Å². The Morgan fingerprint density at radius 3 is 2.34 bits per heavy atom. The second kappa shape index (κ2) is 8.55. The van der Waals surface area contributed by atoms with E-state index in [9.17, 15) is 4.79 Å². The SMILES string of the molecule is COc1ccc(C(=O)N2CCN(c3ccc(Nc4ccccn4)nn3)CC2)cc1. The highest BCUT2D eigenvalue weighted by Gasteiger charge is 2.23. The molecule has 3 heterocycles. The summed E-state index contributed by atoms with van der Waals surface area (Å²) < 4.78 is 5.15. The Kier molecular flexibility index (Phi) is 5.51. The van der Waals surface area contributed by atoms with Crippen molar-refractivity contribution in [3.8, 4) is 5.75 Å². The summed E-state index contributed by atoms with van der Waals surface area (Å²) in [6.07, 6.45) is 1.72. The van der Waals surface area contributed by atoms with Crippen LogP contribution in [-0.4, -0.2) is 59.3 Å². The molecule has 0 spiro atoms. The van der Waals surface area contributed by atoms with Gasteiger partial charge in [-0.05, 0) is 48.5 Å². The molecular weight excluding hydrogens is 368 g/mol. The number of piperazine rings is 1. The Balaban J connectivity index is 1.33. The number of carbonyl (C=O) groups excluding carboxylic acids is 1. The molecule has 1 aliphatic rings. The summed E-state index contributed by atoms with van der Waals surface area (Å²) in [6.45, 7) is 2.70. The molecule has 0 atom stereocenters. The van der Waals surface area contributed by atoms with Gasteiger partial charge in [0.05, 0.1) is 7.11 Å². The minimum Gasteiger partial charge on any atom is -0.497 e. The molecule has 1 N–H and O–H groups in total. The predicted molar refractivity (Wildman–Crippen MR) is 111 cm³/mol. The highest BCUT2D eigenvalue weighted by Crippen LogP contribution is 2.18. The fourth-order valence-corrected chi connectivity index (χ4v) is 3.18. The van der Waals surface area contributed by atoms with Crippen LogP contribution in [-0.2, 0) is 0 Å². The Bertz CT molecular complexity index is 939. The highest BCUT2D eigenvalue weighted by atomic mass is 16.5. The molecule has 29 heavy (non-hydrogen) atoms. The van der Waals surface area contributed by atoms with Crippen LogP contribution in [0.15, 0.2) is 60.8 Å². The van der Waals surface area contributed by atoms with Crippen LogP contribution in [0.4, 0.5) is 17.5 Å². The van der Waals surface area contributed by atoms with Crippen LogP contribution in [0.25, 0.3) is 0 Å². The van der Waals surface area contributed by atoms with E-state index in [1.165, 1.54) is 0 Å². The quantitative estimate of drug-likeness (QED) is 0.717. The molecule has 1 fully saturated rings. The zero-order valence-corrected chi connectivity index (χ0v) is 16.2. The van der Waals surface area contributed by atoms with E-state index in [2.05, 4.69) is 25.4 Å². The normalized spacial score (nSPS) is 13.8. The molecule has 8 heteroatoms. The molecule has 0 unspecified atom stereocenters. The van der Waals surface area contributed by atoms with Crippen molar-refractivity contribution in [2.75, 3.05) is 43.5 Å². The van der Waals surface area contributed by atoms with Gasteiger partial charge < -0.3 is 19.9 Å². The first-order chi connectivity index (χ1) is 14.2. The molecule has 0 bridgehead atoms. The number of aromatic nitrogens is 3. The molecule has 0 saturated carbocycles. The van der Waals surface area contributed by atoms with Gasteiger partial charge >= 0.3 is 0 Å². The molecule has 3 aromatic rings. The van der Waals surface area contributed by atoms with Crippen LogP contribution in [0.3, 0.4) is 0 Å². The van der Waals surface area contributed by atoms with Crippen molar-refractivity contribution >= 4 is 23.4 Å². The average molecular weight is 390 g/mol. The maximum Gasteiger partial charge on any atom is 0.253 e. The van der Waals surface area contributed by atoms with E-state index in [1.807, 2.05) is 35.2 Å². The summed E-state index contributed by atoms with van der Waals surface area (Å²) in [5, 5.41) is 11.7. The lowest BCUT2D eigenvalue weighted by Crippen LogP contribution is -2.49. The number of hydrogen-bond acceptors (Lipinski definition) is 7. The zero-order valence-electron chi connectivity index (χ0n) is 16.2. The van der Waals surface area contributed by atoms with Gasteiger partial charge in [0.25, 0.3) is 5.91 Å². The number of ether oxygens (including phenoxy) is 1. The van der Waals surface area contributed by atoms with E-state index in [1.54, 1.807) is 37.6 Å². The Morgan fingerprint density at radius 1 is 0.931 bits per heavy atom. The molecular formula is C21H22N6O2. The van der Waals surface area contributed by atoms with Gasteiger partial charge in [0, 0.05) is 37.9 Å². The first-order valence-electron chi connectivity index (χ1n) is 9.43. The molecule has 2 aromatic heterocycles. The van der Waals surface area contributed by atoms with E-state index in [0.717, 1.165) is 17.4 Å². The summed E-state index contributed by atoms with van der Waals surface area (Å²) in [7, 11) is 1.61. The number of amides is 1. The van der Waals surface area contributed by atoms with E-state index in [0.29, 0.717) is 37.6 Å². The van der Waals surface area contributed by atoms with E-state index in [4.69, 9.17) is 4.74 Å². The highest BCUT2D eigenvalue weighted by molar-refractivity contribution is 5.94. The second-order valence-corrected chi connectivity index (χ2v) is 6.62. The summed E-state index contributed by atoms with van der Waals surface area (Å²) in [4.78, 5) is 20.9. The maximum absolute atomic E-state index is 12.7. The van der Waals surface area contributed by atoms with Gasteiger partial charge in [-0.1, -0.05) is 6.07 Å². The van der Waals surface area contributed by atoms with Crippen LogP contribution < -0.4 is 15.0 Å². The minimum absolute atomic E-state index is 0.0355. The molecule has 148 valence electrons. The summed E-state index contributed by atoms with van der Waals surface area (Å²) >= 11 is 0. The summed E-state index contributed by atoms with van der Waals surface area (Å²) in [5.74, 6) is 2.94. The zero-order chi connectivity index (χ0) is 20.1. The number of anilines is 3. The fraction of sp³-hybridized carbons (Fsp3) is 0.238. The molecule has 1 saturated heterocycles. The van der Waals surface area contributed by atoms with Crippen LogP contribution in [0.5, 0.6) is 5.75 Å². The van der Waals surface area contributed by atoms with Gasteiger partial charge in [-0.2, -0.15) is 0 Å². The van der Waals surface area contributed by atoms with E-state index in [-0.39, 0.29) is 5.91 Å². The molecule has 0 aliphatic carbocycles. The largest absolute Gasteiger partial charge is 0.497 e. The number of nitrogens with one attached hydrogen (secondary N) is 1. The van der Waals surface area contributed by atoms with Crippen molar-refractivity contribution in [3.05, 3.63) is 66.4 Å². The van der Waals surface area contributed by atoms with Crippen molar-refractivity contribution in [3.63, 3.8) is 0 Å². The number of pyridine rings is 1. The number of rotatable bonds is 5. The van der Waals surface area contributed by atoms with Gasteiger partial charge in [0.15, 0.2) is 11.6 Å². The fourth-order valence-electron chi connectivity index (χ4n) is 3.18. The molecule has 8 nitrogen and oxygen atoms in total. The number of methoxy groups -OCH3 is 1. The molecule has 1 aliphatic heterocycles. The lowest BCUT2D eigenvalue weighted by Gasteiger charge is -2.35. The molecule has 1 amide bonds. The van der Waals surface area contributed by atoms with Gasteiger partial charge in [0.2, 0.25) is 0 Å². The number of nitrogens with zero attached hydrogens (tertiary/aromatic N) is 5. The Morgan fingerprint density at radius 2 is 1.72 bits per heavy atom. The lowest BCUT2D eigenvalue weighted by molar-refractivity contribution is 0.0746. The van der Waals surface area contributed by atoms with Gasteiger partial charge in [-0.25, -0.2) is 4.98 Å². The lowest BCUT2D eigenvalue weighted by atomic mass is 10.1. The minimum atomic E-state index is 0.0355. The van der Waals surface area contributed by atoms with E-state index < -0.39 is 0 Å². The third-order valence-electron chi connectivity index (χ3n) is 4.80. The average Bonchev–Trinajstić information content (AvgIpc) is 2.80. The third kappa shape index (κ3) is 4.43. The number of carbonyl (C=O) groups is 1.